The molecule has 5 nitrogen and oxygen atoms in total. The molecule has 15 heavy (non-hydrogen) atoms. The summed E-state index contributed by atoms with van der Waals surface area (Å²) in [7, 11) is 0. The largest absolute Gasteiger partial charge is 0.394 e. The Hall–Kier alpha value is -1.04. The van der Waals surface area contributed by atoms with Crippen LogP contribution in [0.4, 0.5) is 0 Å². The van der Waals surface area contributed by atoms with Crippen molar-refractivity contribution in [3.63, 3.8) is 0 Å². The Morgan fingerprint density at radius 3 is 3.07 bits per heavy atom. The predicted molar refractivity (Wildman–Crippen MR) is 58.4 cm³/mol. The fourth-order valence-corrected chi connectivity index (χ4v) is 1.32. The van der Waals surface area contributed by atoms with Gasteiger partial charge in [0.15, 0.2) is 0 Å². The molecule has 5 heteroatoms. The van der Waals surface area contributed by atoms with E-state index in [2.05, 4.69) is 17.5 Å². The van der Waals surface area contributed by atoms with Crippen molar-refractivity contribution >= 4 is 0 Å². The smallest absolute Gasteiger partial charge is 0.0698 e. The Balaban J connectivity index is 2.23. The average molecular weight is 213 g/mol. The topological polar surface area (TPSA) is 56.8 Å². The van der Waals surface area contributed by atoms with Crippen LogP contribution in [0.25, 0.3) is 0 Å². The quantitative estimate of drug-likeness (QED) is 0.414. The van der Waals surface area contributed by atoms with Gasteiger partial charge >= 0.3 is 0 Å². The van der Waals surface area contributed by atoms with Crippen LogP contribution in [0.2, 0.25) is 0 Å². The minimum atomic E-state index is 0.0696. The summed E-state index contributed by atoms with van der Waals surface area (Å²) >= 11 is 0. The van der Waals surface area contributed by atoms with E-state index in [0.29, 0.717) is 13.2 Å². The van der Waals surface area contributed by atoms with E-state index in [1.54, 1.807) is 0 Å². The van der Waals surface area contributed by atoms with Crippen molar-refractivity contribution in [1.82, 2.24) is 16.0 Å². The fourth-order valence-electron chi connectivity index (χ4n) is 1.32. The molecule has 0 aliphatic carbocycles. The van der Waals surface area contributed by atoms with E-state index in [1.165, 1.54) is 0 Å². The minimum Gasteiger partial charge on any atom is -0.394 e. The molecule has 0 bridgehead atoms. The van der Waals surface area contributed by atoms with E-state index < -0.39 is 0 Å². The second-order valence-electron chi connectivity index (χ2n) is 3.51. The number of rotatable bonds is 7. The zero-order chi connectivity index (χ0) is 11.1. The second-order valence-corrected chi connectivity index (χ2v) is 3.51. The molecule has 0 aromatic carbocycles. The number of aliphatic hydroxyl groups is 1. The third-order valence-corrected chi connectivity index (χ3v) is 1.96. The lowest BCUT2D eigenvalue weighted by Gasteiger charge is -2.21. The monoisotopic (exact) mass is 213 g/mol. The number of nitrogens with one attached hydrogen (secondary N) is 2. The molecule has 1 rings (SSSR count). The van der Waals surface area contributed by atoms with Gasteiger partial charge < -0.3 is 15.3 Å². The third kappa shape index (κ3) is 4.33. The van der Waals surface area contributed by atoms with Crippen LogP contribution in [0.15, 0.2) is 24.0 Å². The average Bonchev–Trinajstić information content (AvgIpc) is 2.59. The maximum atomic E-state index is 8.54. The number of nitrogens with zero attached hydrogens (tertiary/aromatic N) is 1. The van der Waals surface area contributed by atoms with Crippen molar-refractivity contribution in [2.75, 3.05) is 26.4 Å². The van der Waals surface area contributed by atoms with E-state index in [9.17, 15) is 0 Å². The van der Waals surface area contributed by atoms with Gasteiger partial charge in [0.05, 0.1) is 32.1 Å². The number of aliphatic hydroxyl groups excluding tert-OH is 1. The summed E-state index contributed by atoms with van der Waals surface area (Å²) in [5.74, 6) is 0. The first kappa shape index (κ1) is 12.0. The van der Waals surface area contributed by atoms with Crippen molar-refractivity contribution in [2.24, 2.45) is 0 Å². The van der Waals surface area contributed by atoms with E-state index >= 15 is 0 Å². The van der Waals surface area contributed by atoms with Gasteiger partial charge in [-0.05, 0) is 6.92 Å². The number of hydrogen-bond acceptors (Lipinski definition) is 5. The van der Waals surface area contributed by atoms with Crippen LogP contribution >= 0.6 is 0 Å². The van der Waals surface area contributed by atoms with Crippen molar-refractivity contribution in [1.29, 1.82) is 0 Å². The lowest BCUT2D eigenvalue weighted by atomic mass is 10.2. The molecule has 1 heterocycles. The van der Waals surface area contributed by atoms with Crippen LogP contribution in [0.3, 0.4) is 0 Å². The molecule has 0 amide bonds. The zero-order valence-electron chi connectivity index (χ0n) is 9.12. The highest BCUT2D eigenvalue weighted by molar-refractivity contribution is 5.11. The number of allylic oxidation sites excluding steroid dienone is 1. The Morgan fingerprint density at radius 2 is 2.40 bits per heavy atom. The van der Waals surface area contributed by atoms with E-state index in [4.69, 9.17) is 9.84 Å². The molecule has 0 aromatic rings. The number of ether oxygens (including phenoxy) is 1. The summed E-state index contributed by atoms with van der Waals surface area (Å²) in [4.78, 5) is 0. The first-order chi connectivity index (χ1) is 7.24. The van der Waals surface area contributed by atoms with Gasteiger partial charge in [-0.1, -0.05) is 12.2 Å². The van der Waals surface area contributed by atoms with Gasteiger partial charge in [-0.15, -0.1) is 5.53 Å². The Bertz CT molecular complexity index is 241. The van der Waals surface area contributed by atoms with Gasteiger partial charge in [-0.25, -0.2) is 0 Å². The number of hydrazine groups is 2. The van der Waals surface area contributed by atoms with Gasteiger partial charge in [0.25, 0.3) is 0 Å². The molecule has 0 radical (unpaired) electrons. The fraction of sp³-hybridized carbons (Fsp3) is 0.600. The summed E-state index contributed by atoms with van der Waals surface area (Å²) in [6, 6.07) is 0. The second kappa shape index (κ2) is 6.44. The van der Waals surface area contributed by atoms with Gasteiger partial charge in [-0.2, -0.15) is 0 Å². The molecule has 3 N–H and O–H groups in total. The van der Waals surface area contributed by atoms with Crippen molar-refractivity contribution in [3.05, 3.63) is 24.0 Å². The Labute approximate surface area is 90.3 Å². The normalized spacial score (nSPS) is 15.1. The molecular formula is C10H19N3O2. The first-order valence-corrected chi connectivity index (χ1v) is 5.05. The summed E-state index contributed by atoms with van der Waals surface area (Å²) < 4.78 is 5.19. The molecule has 0 saturated carbocycles. The van der Waals surface area contributed by atoms with Gasteiger partial charge in [0, 0.05) is 12.6 Å². The molecule has 0 spiro atoms. The van der Waals surface area contributed by atoms with Crippen molar-refractivity contribution in [2.45, 2.75) is 13.3 Å². The Kier molecular flexibility index (Phi) is 5.17. The predicted octanol–water partition coefficient (Wildman–Crippen LogP) is 0.128. The highest BCUT2D eigenvalue weighted by Gasteiger charge is 2.13. The molecule has 86 valence electrons. The number of hydrogen-bond donors (Lipinski definition) is 3. The molecule has 0 saturated heterocycles. The van der Waals surface area contributed by atoms with Crippen molar-refractivity contribution in [3.8, 4) is 0 Å². The van der Waals surface area contributed by atoms with Gasteiger partial charge in [0.1, 0.15) is 0 Å². The lowest BCUT2D eigenvalue weighted by molar-refractivity contribution is 0.0708. The summed E-state index contributed by atoms with van der Waals surface area (Å²) in [6.07, 6.45) is 2.76. The van der Waals surface area contributed by atoms with Crippen molar-refractivity contribution < 1.29 is 9.84 Å². The minimum absolute atomic E-state index is 0.0696. The molecule has 1 aliphatic heterocycles. The first-order valence-electron chi connectivity index (χ1n) is 5.05. The highest BCUT2D eigenvalue weighted by Crippen LogP contribution is 2.13. The van der Waals surface area contributed by atoms with Crippen LogP contribution in [-0.4, -0.2) is 36.5 Å². The molecular weight excluding hydrogens is 194 g/mol. The highest BCUT2D eigenvalue weighted by atomic mass is 16.5. The maximum absolute atomic E-state index is 8.54. The molecule has 0 aromatic heterocycles. The van der Waals surface area contributed by atoms with Crippen LogP contribution < -0.4 is 11.0 Å². The van der Waals surface area contributed by atoms with Crippen LogP contribution in [-0.2, 0) is 4.74 Å². The van der Waals surface area contributed by atoms with Gasteiger partial charge in [-0.3, -0.25) is 5.01 Å². The van der Waals surface area contributed by atoms with E-state index in [0.717, 1.165) is 24.2 Å². The third-order valence-electron chi connectivity index (χ3n) is 1.96. The van der Waals surface area contributed by atoms with E-state index in [-0.39, 0.29) is 6.61 Å². The molecule has 0 fully saturated rings. The van der Waals surface area contributed by atoms with Gasteiger partial charge in [0.2, 0.25) is 0 Å². The zero-order valence-corrected chi connectivity index (χ0v) is 9.12. The maximum Gasteiger partial charge on any atom is 0.0698 e. The Morgan fingerprint density at radius 1 is 1.60 bits per heavy atom. The van der Waals surface area contributed by atoms with E-state index in [1.807, 2.05) is 18.1 Å². The summed E-state index contributed by atoms with van der Waals surface area (Å²) in [6.45, 7) is 7.66. The summed E-state index contributed by atoms with van der Waals surface area (Å²) in [5.41, 5.74) is 8.20. The van der Waals surface area contributed by atoms with Crippen LogP contribution in [0.1, 0.15) is 13.3 Å². The SMILES string of the molecule is C=C(C)CC1=CNNN1CCOCCO. The van der Waals surface area contributed by atoms with Crippen LogP contribution in [0.5, 0.6) is 0 Å². The molecule has 1 aliphatic rings. The standard InChI is InChI=1S/C10H19N3O2/c1-9(2)7-10-8-11-12-13(10)3-5-15-6-4-14/h8,11-12,14H,1,3-7H2,2H3. The summed E-state index contributed by atoms with van der Waals surface area (Å²) in [5, 5.41) is 10.5. The molecule has 0 unspecified atom stereocenters. The molecule has 0 atom stereocenters. The van der Waals surface area contributed by atoms with Crippen LogP contribution in [0, 0.1) is 0 Å². The lowest BCUT2D eigenvalue weighted by Crippen LogP contribution is -2.39.